The van der Waals surface area contributed by atoms with Gasteiger partial charge in [0.2, 0.25) is 10.0 Å². The Morgan fingerprint density at radius 2 is 1.62 bits per heavy atom. The largest absolute Gasteiger partial charge is 0.379 e. The summed E-state index contributed by atoms with van der Waals surface area (Å²) < 4.78 is 34.0. The zero-order valence-electron chi connectivity index (χ0n) is 18.2. The van der Waals surface area contributed by atoms with Gasteiger partial charge in [0, 0.05) is 26.3 Å². The monoisotopic (exact) mass is 453 g/mol. The van der Waals surface area contributed by atoms with Crippen molar-refractivity contribution in [1.29, 1.82) is 0 Å². The fourth-order valence-electron chi connectivity index (χ4n) is 3.79. The second kappa shape index (κ2) is 9.28. The molecule has 0 spiro atoms. The number of ether oxygens (including phenoxy) is 1. The molecule has 1 aliphatic heterocycles. The van der Waals surface area contributed by atoms with E-state index in [-0.39, 0.29) is 16.8 Å². The molecule has 0 saturated carbocycles. The number of hydrogen-bond acceptors (Lipinski definition) is 4. The van der Waals surface area contributed by atoms with Crippen LogP contribution in [0.15, 0.2) is 71.8 Å². The Labute approximate surface area is 188 Å². The minimum Gasteiger partial charge on any atom is -0.379 e. The van der Waals surface area contributed by atoms with E-state index in [0.29, 0.717) is 32.0 Å². The SMILES string of the molecule is CC(NC(=O)c1cc(S(=O)(=O)N2CCOCC2)cn1C)c1ccc(-c2ccccc2)cc1. The van der Waals surface area contributed by atoms with Gasteiger partial charge in [-0.25, -0.2) is 8.42 Å². The van der Waals surface area contributed by atoms with Gasteiger partial charge < -0.3 is 14.6 Å². The molecule has 1 amide bonds. The molecule has 32 heavy (non-hydrogen) atoms. The lowest BCUT2D eigenvalue weighted by Gasteiger charge is -2.25. The molecule has 1 saturated heterocycles. The number of carbonyl (C=O) groups excluding carboxylic acids is 1. The summed E-state index contributed by atoms with van der Waals surface area (Å²) in [6, 6.07) is 19.3. The minimum atomic E-state index is -3.66. The number of carbonyl (C=O) groups is 1. The van der Waals surface area contributed by atoms with Crippen molar-refractivity contribution in [2.45, 2.75) is 17.9 Å². The summed E-state index contributed by atoms with van der Waals surface area (Å²) in [4.78, 5) is 13.0. The van der Waals surface area contributed by atoms with Gasteiger partial charge in [-0.1, -0.05) is 54.6 Å². The average molecular weight is 454 g/mol. The second-order valence-electron chi connectivity index (χ2n) is 7.87. The summed E-state index contributed by atoms with van der Waals surface area (Å²) >= 11 is 0. The number of sulfonamides is 1. The standard InChI is InChI=1S/C24H27N3O4S/c1-18(19-8-10-21(11-9-19)20-6-4-3-5-7-20)25-24(28)23-16-22(17-26(23)2)32(29,30)27-12-14-31-15-13-27/h3-11,16-18H,12-15H2,1-2H3,(H,25,28). The fourth-order valence-corrected chi connectivity index (χ4v) is 5.27. The Hall–Kier alpha value is -2.94. The number of rotatable bonds is 6. The third-order valence-electron chi connectivity index (χ3n) is 5.69. The molecule has 168 valence electrons. The normalized spacial score (nSPS) is 15.9. The maximum Gasteiger partial charge on any atom is 0.268 e. The molecule has 2 aromatic carbocycles. The van der Waals surface area contributed by atoms with Crippen molar-refractivity contribution in [1.82, 2.24) is 14.2 Å². The van der Waals surface area contributed by atoms with Crippen LogP contribution in [0.2, 0.25) is 0 Å². The van der Waals surface area contributed by atoms with Crippen LogP contribution in [0.3, 0.4) is 0 Å². The zero-order valence-corrected chi connectivity index (χ0v) is 19.0. The molecule has 0 radical (unpaired) electrons. The summed E-state index contributed by atoms with van der Waals surface area (Å²) in [5, 5.41) is 2.97. The predicted molar refractivity (Wildman–Crippen MR) is 123 cm³/mol. The van der Waals surface area contributed by atoms with E-state index in [9.17, 15) is 13.2 Å². The zero-order chi connectivity index (χ0) is 22.7. The molecule has 0 bridgehead atoms. The highest BCUT2D eigenvalue weighted by atomic mass is 32.2. The van der Waals surface area contributed by atoms with Crippen LogP contribution in [0.1, 0.15) is 29.0 Å². The van der Waals surface area contributed by atoms with Crippen molar-refractivity contribution in [3.8, 4) is 11.1 Å². The molecule has 1 aromatic heterocycles. The van der Waals surface area contributed by atoms with E-state index in [0.717, 1.165) is 16.7 Å². The smallest absolute Gasteiger partial charge is 0.268 e. The van der Waals surface area contributed by atoms with Crippen LogP contribution in [0, 0.1) is 0 Å². The third kappa shape index (κ3) is 4.62. The van der Waals surface area contributed by atoms with Crippen LogP contribution in [-0.4, -0.2) is 49.5 Å². The Kier molecular flexibility index (Phi) is 6.45. The van der Waals surface area contributed by atoms with Gasteiger partial charge >= 0.3 is 0 Å². The van der Waals surface area contributed by atoms with Crippen molar-refractivity contribution in [3.05, 3.63) is 78.1 Å². The Morgan fingerprint density at radius 3 is 2.28 bits per heavy atom. The highest BCUT2D eigenvalue weighted by Gasteiger charge is 2.29. The quantitative estimate of drug-likeness (QED) is 0.622. The van der Waals surface area contributed by atoms with Crippen molar-refractivity contribution in [3.63, 3.8) is 0 Å². The lowest BCUT2D eigenvalue weighted by molar-refractivity contribution is 0.0730. The van der Waals surface area contributed by atoms with E-state index < -0.39 is 10.0 Å². The number of nitrogens with one attached hydrogen (secondary N) is 1. The Bertz CT molecular complexity index is 1180. The van der Waals surface area contributed by atoms with Gasteiger partial charge in [-0.2, -0.15) is 4.31 Å². The average Bonchev–Trinajstić information content (AvgIpc) is 3.23. The van der Waals surface area contributed by atoms with E-state index in [1.807, 2.05) is 49.4 Å². The number of morpholine rings is 1. The van der Waals surface area contributed by atoms with E-state index >= 15 is 0 Å². The molecule has 2 heterocycles. The summed E-state index contributed by atoms with van der Waals surface area (Å²) in [7, 11) is -1.98. The first kappa shape index (κ1) is 22.3. The van der Waals surface area contributed by atoms with Gasteiger partial charge in [0.25, 0.3) is 5.91 Å². The van der Waals surface area contributed by atoms with Gasteiger partial charge in [-0.3, -0.25) is 4.79 Å². The van der Waals surface area contributed by atoms with Crippen LogP contribution >= 0.6 is 0 Å². The Morgan fingerprint density at radius 1 is 1.00 bits per heavy atom. The molecule has 1 aliphatic rings. The summed E-state index contributed by atoms with van der Waals surface area (Å²) in [6.07, 6.45) is 1.49. The highest BCUT2D eigenvalue weighted by molar-refractivity contribution is 7.89. The summed E-state index contributed by atoms with van der Waals surface area (Å²) in [6.45, 7) is 3.28. The molecule has 0 aliphatic carbocycles. The molecule has 1 fully saturated rings. The van der Waals surface area contributed by atoms with E-state index in [1.54, 1.807) is 11.6 Å². The Balaban J connectivity index is 1.47. The lowest BCUT2D eigenvalue weighted by Crippen LogP contribution is -2.40. The lowest BCUT2D eigenvalue weighted by atomic mass is 10.0. The number of amides is 1. The summed E-state index contributed by atoms with van der Waals surface area (Å²) in [5.74, 6) is -0.324. The van der Waals surface area contributed by atoms with Crippen LogP contribution in [-0.2, 0) is 21.8 Å². The van der Waals surface area contributed by atoms with Crippen LogP contribution < -0.4 is 5.32 Å². The molecular weight excluding hydrogens is 426 g/mol. The van der Waals surface area contributed by atoms with Crippen LogP contribution in [0.5, 0.6) is 0 Å². The first-order valence-electron chi connectivity index (χ1n) is 10.6. The number of benzene rings is 2. The van der Waals surface area contributed by atoms with Gasteiger partial charge in [-0.15, -0.1) is 0 Å². The third-order valence-corrected chi connectivity index (χ3v) is 7.55. The van der Waals surface area contributed by atoms with Crippen molar-refractivity contribution >= 4 is 15.9 Å². The number of aromatic nitrogens is 1. The topological polar surface area (TPSA) is 80.6 Å². The van der Waals surface area contributed by atoms with E-state index in [2.05, 4.69) is 17.4 Å². The predicted octanol–water partition coefficient (Wildman–Crippen LogP) is 3.20. The first-order chi connectivity index (χ1) is 15.4. The first-order valence-corrected chi connectivity index (χ1v) is 12.0. The maximum atomic E-state index is 12.9. The molecule has 3 aromatic rings. The van der Waals surface area contributed by atoms with Crippen LogP contribution in [0.4, 0.5) is 0 Å². The van der Waals surface area contributed by atoms with Gasteiger partial charge in [0.05, 0.1) is 19.3 Å². The van der Waals surface area contributed by atoms with E-state index in [1.165, 1.54) is 16.6 Å². The molecular formula is C24H27N3O4S. The molecule has 1 N–H and O–H groups in total. The summed E-state index contributed by atoms with van der Waals surface area (Å²) in [5.41, 5.74) is 3.50. The number of hydrogen-bond donors (Lipinski definition) is 1. The van der Waals surface area contributed by atoms with Gasteiger partial charge in [0.15, 0.2) is 0 Å². The second-order valence-corrected chi connectivity index (χ2v) is 9.81. The minimum absolute atomic E-state index is 0.118. The number of nitrogens with zero attached hydrogens (tertiary/aromatic N) is 2. The van der Waals surface area contributed by atoms with Gasteiger partial charge in [-0.05, 0) is 29.7 Å². The fraction of sp³-hybridized carbons (Fsp3) is 0.292. The van der Waals surface area contributed by atoms with Gasteiger partial charge in [0.1, 0.15) is 10.6 Å². The molecule has 8 heteroatoms. The van der Waals surface area contributed by atoms with Crippen molar-refractivity contribution in [2.75, 3.05) is 26.3 Å². The van der Waals surface area contributed by atoms with Crippen molar-refractivity contribution < 1.29 is 17.9 Å². The maximum absolute atomic E-state index is 12.9. The van der Waals surface area contributed by atoms with E-state index in [4.69, 9.17) is 4.74 Å². The molecule has 4 rings (SSSR count). The van der Waals surface area contributed by atoms with Crippen LogP contribution in [0.25, 0.3) is 11.1 Å². The molecule has 1 unspecified atom stereocenters. The number of aryl methyl sites for hydroxylation is 1. The molecule has 7 nitrogen and oxygen atoms in total. The molecule has 1 atom stereocenters. The highest BCUT2D eigenvalue weighted by Crippen LogP contribution is 2.23. The van der Waals surface area contributed by atoms with Crippen molar-refractivity contribution in [2.24, 2.45) is 7.05 Å².